The molecular weight excluding hydrogens is 250 g/mol. The van der Waals surface area contributed by atoms with Gasteiger partial charge in [-0.1, -0.05) is 36.4 Å². The summed E-state index contributed by atoms with van der Waals surface area (Å²) in [5, 5.41) is 8.99. The van der Waals surface area contributed by atoms with E-state index < -0.39 is 5.91 Å². The van der Waals surface area contributed by atoms with E-state index in [1.54, 1.807) is 4.90 Å². The summed E-state index contributed by atoms with van der Waals surface area (Å²) in [6.45, 7) is 0. The van der Waals surface area contributed by atoms with Crippen LogP contribution in [-0.4, -0.2) is 5.91 Å². The second-order valence-corrected chi connectivity index (χ2v) is 4.06. The Morgan fingerprint density at radius 3 is 1.80 bits per heavy atom. The van der Waals surface area contributed by atoms with Crippen molar-refractivity contribution in [3.63, 3.8) is 0 Å². The van der Waals surface area contributed by atoms with Crippen molar-refractivity contribution in [2.24, 2.45) is 5.73 Å². The van der Waals surface area contributed by atoms with E-state index in [1.165, 1.54) is 6.20 Å². The molecule has 0 unspecified atom stereocenters. The predicted octanol–water partition coefficient (Wildman–Crippen LogP) is 2.72. The third-order valence-corrected chi connectivity index (χ3v) is 2.71. The van der Waals surface area contributed by atoms with Gasteiger partial charge < -0.3 is 10.6 Å². The molecule has 0 aliphatic heterocycles. The molecule has 0 fully saturated rings. The molecule has 0 aromatic heterocycles. The Hall–Kier alpha value is -3.06. The van der Waals surface area contributed by atoms with Crippen molar-refractivity contribution in [2.45, 2.75) is 0 Å². The number of primary amides is 1. The van der Waals surface area contributed by atoms with Crippen molar-refractivity contribution in [2.75, 3.05) is 4.90 Å². The van der Waals surface area contributed by atoms with Crippen molar-refractivity contribution in [1.29, 1.82) is 5.26 Å². The van der Waals surface area contributed by atoms with Gasteiger partial charge in [0.15, 0.2) is 0 Å². The Morgan fingerprint density at radius 2 is 1.45 bits per heavy atom. The average Bonchev–Trinajstić information content (AvgIpc) is 2.50. The molecule has 0 spiro atoms. The molecule has 2 aromatic rings. The predicted molar refractivity (Wildman–Crippen MR) is 77.9 cm³/mol. The van der Waals surface area contributed by atoms with Crippen molar-refractivity contribution >= 4 is 17.3 Å². The van der Waals surface area contributed by atoms with Crippen molar-refractivity contribution in [1.82, 2.24) is 0 Å². The Balaban J connectivity index is 2.52. The number of para-hydroxylation sites is 2. The lowest BCUT2D eigenvalue weighted by Gasteiger charge is -2.21. The SMILES string of the molecule is N#CC(=CN(c1ccccc1)c1ccccc1)C(N)=O. The number of benzene rings is 2. The standard InChI is InChI=1S/C16H13N3O/c17-11-13(16(18)20)12-19(14-7-3-1-4-8-14)15-9-5-2-6-10-15/h1-10,12H,(H2,18,20). The second kappa shape index (κ2) is 6.21. The van der Waals surface area contributed by atoms with Crippen LogP contribution in [0.15, 0.2) is 72.4 Å². The Kier molecular flexibility index (Phi) is 4.15. The van der Waals surface area contributed by atoms with E-state index in [4.69, 9.17) is 11.0 Å². The van der Waals surface area contributed by atoms with Crippen LogP contribution >= 0.6 is 0 Å². The molecule has 0 aliphatic carbocycles. The van der Waals surface area contributed by atoms with Crippen molar-refractivity contribution < 1.29 is 4.79 Å². The zero-order valence-corrected chi connectivity index (χ0v) is 10.7. The van der Waals surface area contributed by atoms with Gasteiger partial charge in [0.1, 0.15) is 11.6 Å². The van der Waals surface area contributed by atoms with Crippen LogP contribution in [-0.2, 0) is 4.79 Å². The Labute approximate surface area is 117 Å². The van der Waals surface area contributed by atoms with E-state index in [1.807, 2.05) is 66.7 Å². The van der Waals surface area contributed by atoms with Gasteiger partial charge in [-0.2, -0.15) is 5.26 Å². The molecule has 4 heteroatoms. The molecular formula is C16H13N3O. The van der Waals surface area contributed by atoms with Gasteiger partial charge in [-0.05, 0) is 24.3 Å². The van der Waals surface area contributed by atoms with Gasteiger partial charge in [0.05, 0.1) is 0 Å². The molecule has 2 rings (SSSR count). The van der Waals surface area contributed by atoms with Crippen LogP contribution < -0.4 is 10.6 Å². The number of hydrogen-bond acceptors (Lipinski definition) is 3. The number of nitrogens with two attached hydrogens (primary N) is 1. The smallest absolute Gasteiger partial charge is 0.260 e. The van der Waals surface area contributed by atoms with Crippen LogP contribution in [0.4, 0.5) is 11.4 Å². The zero-order valence-electron chi connectivity index (χ0n) is 10.7. The summed E-state index contributed by atoms with van der Waals surface area (Å²) in [5.41, 5.74) is 6.78. The summed E-state index contributed by atoms with van der Waals surface area (Å²) in [7, 11) is 0. The van der Waals surface area contributed by atoms with E-state index in [0.29, 0.717) is 0 Å². The minimum atomic E-state index is -0.746. The van der Waals surface area contributed by atoms with E-state index in [0.717, 1.165) is 11.4 Å². The monoisotopic (exact) mass is 263 g/mol. The van der Waals surface area contributed by atoms with Crippen molar-refractivity contribution in [3.05, 3.63) is 72.4 Å². The van der Waals surface area contributed by atoms with Gasteiger partial charge in [-0.25, -0.2) is 0 Å². The molecule has 4 nitrogen and oxygen atoms in total. The van der Waals surface area contributed by atoms with E-state index >= 15 is 0 Å². The van der Waals surface area contributed by atoms with Crippen LogP contribution in [0.25, 0.3) is 0 Å². The highest BCUT2D eigenvalue weighted by Gasteiger charge is 2.10. The van der Waals surface area contributed by atoms with Crippen LogP contribution in [0.1, 0.15) is 0 Å². The quantitative estimate of drug-likeness (QED) is 0.681. The minimum absolute atomic E-state index is 0.0993. The first-order valence-corrected chi connectivity index (χ1v) is 6.03. The van der Waals surface area contributed by atoms with Gasteiger partial charge in [0, 0.05) is 17.6 Å². The van der Waals surface area contributed by atoms with Gasteiger partial charge in [-0.3, -0.25) is 4.79 Å². The fraction of sp³-hybridized carbons (Fsp3) is 0. The highest BCUT2D eigenvalue weighted by molar-refractivity contribution is 5.96. The maximum atomic E-state index is 11.2. The number of nitriles is 1. The summed E-state index contributed by atoms with van der Waals surface area (Å²) in [5.74, 6) is -0.746. The first-order valence-electron chi connectivity index (χ1n) is 6.03. The largest absolute Gasteiger partial charge is 0.365 e. The zero-order chi connectivity index (χ0) is 14.4. The number of carbonyl (C=O) groups is 1. The summed E-state index contributed by atoms with van der Waals surface area (Å²) < 4.78 is 0. The summed E-state index contributed by atoms with van der Waals surface area (Å²) in [6, 6.07) is 20.7. The number of amides is 1. The maximum Gasteiger partial charge on any atom is 0.260 e. The molecule has 0 atom stereocenters. The summed E-state index contributed by atoms with van der Waals surface area (Å²) in [4.78, 5) is 13.0. The molecule has 0 bridgehead atoms. The van der Waals surface area contributed by atoms with Crippen LogP contribution in [0.5, 0.6) is 0 Å². The summed E-state index contributed by atoms with van der Waals surface area (Å²) >= 11 is 0. The molecule has 2 N–H and O–H groups in total. The molecule has 0 radical (unpaired) electrons. The van der Waals surface area contributed by atoms with Crippen LogP contribution in [0.3, 0.4) is 0 Å². The topological polar surface area (TPSA) is 70.1 Å². The molecule has 98 valence electrons. The number of nitrogens with zero attached hydrogens (tertiary/aromatic N) is 2. The molecule has 0 aliphatic rings. The Bertz CT molecular complexity index is 618. The molecule has 2 aromatic carbocycles. The van der Waals surface area contributed by atoms with Crippen LogP contribution in [0.2, 0.25) is 0 Å². The lowest BCUT2D eigenvalue weighted by atomic mass is 10.2. The highest BCUT2D eigenvalue weighted by Crippen LogP contribution is 2.25. The third kappa shape index (κ3) is 3.03. The number of anilines is 2. The van der Waals surface area contributed by atoms with Gasteiger partial charge in [-0.15, -0.1) is 0 Å². The van der Waals surface area contributed by atoms with Gasteiger partial charge >= 0.3 is 0 Å². The molecule has 0 saturated carbocycles. The minimum Gasteiger partial charge on any atom is -0.365 e. The van der Waals surface area contributed by atoms with Gasteiger partial charge in [0.2, 0.25) is 0 Å². The van der Waals surface area contributed by atoms with Crippen LogP contribution in [0, 0.1) is 11.3 Å². The highest BCUT2D eigenvalue weighted by atomic mass is 16.1. The number of carbonyl (C=O) groups excluding carboxylic acids is 1. The normalized spacial score (nSPS) is 10.7. The fourth-order valence-corrected chi connectivity index (χ4v) is 1.75. The summed E-state index contributed by atoms with van der Waals surface area (Å²) in [6.07, 6.45) is 1.45. The van der Waals surface area contributed by atoms with E-state index in [2.05, 4.69) is 0 Å². The molecule has 0 saturated heterocycles. The first-order chi connectivity index (χ1) is 9.72. The number of rotatable bonds is 4. The molecule has 20 heavy (non-hydrogen) atoms. The maximum absolute atomic E-state index is 11.2. The molecule has 1 amide bonds. The lowest BCUT2D eigenvalue weighted by molar-refractivity contribution is -0.114. The lowest BCUT2D eigenvalue weighted by Crippen LogP contribution is -2.17. The third-order valence-electron chi connectivity index (χ3n) is 2.71. The Morgan fingerprint density at radius 1 is 1.00 bits per heavy atom. The van der Waals surface area contributed by atoms with Gasteiger partial charge in [0.25, 0.3) is 5.91 Å². The van der Waals surface area contributed by atoms with E-state index in [9.17, 15) is 4.79 Å². The number of hydrogen-bond donors (Lipinski definition) is 1. The first kappa shape index (κ1) is 13.4. The average molecular weight is 263 g/mol. The second-order valence-electron chi connectivity index (χ2n) is 4.06. The van der Waals surface area contributed by atoms with E-state index in [-0.39, 0.29) is 5.57 Å². The molecule has 0 heterocycles. The fourth-order valence-electron chi connectivity index (χ4n) is 1.75. The van der Waals surface area contributed by atoms with Crippen molar-refractivity contribution in [3.8, 4) is 6.07 Å².